The monoisotopic (exact) mass is 490 g/mol. The number of carbonyl (C=O) groups excluding carboxylic acids is 1. The Balaban J connectivity index is 0.00000364. The Morgan fingerprint density at radius 1 is 1.37 bits per heavy atom. The van der Waals surface area contributed by atoms with Crippen LogP contribution in [0.2, 0.25) is 0 Å². The first-order valence-electron chi connectivity index (χ1n) is 9.17. The number of phenolic OH excluding ortho intramolecular Hbond substituents is 1. The first-order valence-corrected chi connectivity index (χ1v) is 9.17. The first kappa shape index (κ1) is 23.3. The summed E-state index contributed by atoms with van der Waals surface area (Å²) in [5, 5.41) is 16.2. The smallest absolute Gasteiger partial charge is 0.220 e. The zero-order valence-corrected chi connectivity index (χ0v) is 18.7. The number of guanidine groups is 1. The molecule has 0 aromatic heterocycles. The number of para-hydroxylation sites is 1. The molecule has 152 valence electrons. The number of methoxy groups -OCH3 is 1. The minimum atomic E-state index is 0. The number of nitrogens with zero attached hydrogens (tertiary/aromatic N) is 2. The average molecular weight is 490 g/mol. The van der Waals surface area contributed by atoms with E-state index in [1.54, 1.807) is 13.1 Å². The summed E-state index contributed by atoms with van der Waals surface area (Å²) in [6, 6.07) is 5.42. The highest BCUT2D eigenvalue weighted by molar-refractivity contribution is 14.0. The van der Waals surface area contributed by atoms with Crippen molar-refractivity contribution in [3.63, 3.8) is 0 Å². The lowest BCUT2D eigenvalue weighted by atomic mass is 9.93. The van der Waals surface area contributed by atoms with Gasteiger partial charge in [-0.25, -0.2) is 4.99 Å². The van der Waals surface area contributed by atoms with Gasteiger partial charge in [-0.3, -0.25) is 4.79 Å². The number of carbonyl (C=O) groups is 1. The molecule has 0 radical (unpaired) electrons. The molecule has 1 aliphatic rings. The number of benzene rings is 1. The van der Waals surface area contributed by atoms with Crippen molar-refractivity contribution in [3.05, 3.63) is 23.8 Å². The van der Waals surface area contributed by atoms with Gasteiger partial charge in [0.15, 0.2) is 17.5 Å². The van der Waals surface area contributed by atoms with Gasteiger partial charge in [0, 0.05) is 38.7 Å². The molecule has 0 spiro atoms. The molecular formula is C19H31IN4O3. The van der Waals surface area contributed by atoms with Crippen LogP contribution in [0.15, 0.2) is 23.2 Å². The predicted octanol–water partition coefficient (Wildman–Crippen LogP) is 2.33. The van der Waals surface area contributed by atoms with Crippen LogP contribution < -0.4 is 15.4 Å². The van der Waals surface area contributed by atoms with E-state index in [2.05, 4.69) is 20.5 Å². The molecular weight excluding hydrogens is 459 g/mol. The maximum Gasteiger partial charge on any atom is 0.220 e. The van der Waals surface area contributed by atoms with E-state index in [0.29, 0.717) is 24.6 Å². The van der Waals surface area contributed by atoms with Crippen LogP contribution in [-0.4, -0.2) is 55.7 Å². The molecule has 1 aliphatic heterocycles. The molecule has 0 bridgehead atoms. The van der Waals surface area contributed by atoms with E-state index in [-0.39, 0.29) is 35.6 Å². The molecule has 0 aliphatic carbocycles. The number of piperidine rings is 1. The number of likely N-dealkylation sites (tertiary alicyclic amines) is 1. The molecule has 1 saturated heterocycles. The number of nitrogens with one attached hydrogen (secondary N) is 2. The second-order valence-electron chi connectivity index (χ2n) is 6.45. The summed E-state index contributed by atoms with van der Waals surface area (Å²) in [6.07, 6.45) is 2.54. The zero-order valence-electron chi connectivity index (χ0n) is 16.3. The van der Waals surface area contributed by atoms with Crippen LogP contribution in [0, 0.1) is 5.92 Å². The minimum absolute atomic E-state index is 0. The van der Waals surface area contributed by atoms with Crippen LogP contribution in [0.4, 0.5) is 0 Å². The molecule has 0 unspecified atom stereocenters. The Morgan fingerprint density at radius 3 is 2.67 bits per heavy atom. The van der Waals surface area contributed by atoms with Crippen LogP contribution in [0.5, 0.6) is 11.5 Å². The number of aromatic hydroxyl groups is 1. The van der Waals surface area contributed by atoms with E-state index in [0.717, 1.165) is 44.0 Å². The largest absolute Gasteiger partial charge is 0.504 e. The lowest BCUT2D eigenvalue weighted by molar-refractivity contribution is -0.121. The third-order valence-corrected chi connectivity index (χ3v) is 4.70. The van der Waals surface area contributed by atoms with Crippen LogP contribution in [0.3, 0.4) is 0 Å². The number of hydrogen-bond acceptors (Lipinski definition) is 4. The van der Waals surface area contributed by atoms with Crippen molar-refractivity contribution in [2.45, 2.75) is 32.7 Å². The Labute approximate surface area is 178 Å². The number of aliphatic imine (C=N–C) groups is 1. The van der Waals surface area contributed by atoms with E-state index in [1.165, 1.54) is 7.11 Å². The minimum Gasteiger partial charge on any atom is -0.504 e. The van der Waals surface area contributed by atoms with E-state index in [1.807, 2.05) is 19.1 Å². The molecule has 1 amide bonds. The lowest BCUT2D eigenvalue weighted by Crippen LogP contribution is -2.46. The van der Waals surface area contributed by atoms with Gasteiger partial charge < -0.3 is 25.4 Å². The van der Waals surface area contributed by atoms with Gasteiger partial charge in [0.05, 0.1) is 13.7 Å². The number of amides is 1. The number of ether oxygens (including phenoxy) is 1. The first-order chi connectivity index (χ1) is 12.6. The Bertz CT molecular complexity index is 631. The zero-order chi connectivity index (χ0) is 18.9. The fourth-order valence-electron chi connectivity index (χ4n) is 3.16. The molecule has 7 nitrogen and oxygen atoms in total. The molecule has 1 heterocycles. The summed E-state index contributed by atoms with van der Waals surface area (Å²) >= 11 is 0. The Kier molecular flexibility index (Phi) is 10.3. The highest BCUT2D eigenvalue weighted by Crippen LogP contribution is 2.30. The highest BCUT2D eigenvalue weighted by atomic mass is 127. The standard InChI is InChI=1S/C19H30N4O3.HI/c1-4-21-19(22-13-15-6-5-7-16(26-3)18(15)25)23-10-8-14(9-11-23)12-17(24)20-2;/h5-7,14,25H,4,8-13H2,1-3H3,(H,20,24)(H,21,22);1H. The fourth-order valence-corrected chi connectivity index (χ4v) is 3.16. The van der Waals surface area contributed by atoms with Crippen LogP contribution >= 0.6 is 24.0 Å². The quantitative estimate of drug-likeness (QED) is 0.324. The van der Waals surface area contributed by atoms with Gasteiger partial charge in [0.2, 0.25) is 5.91 Å². The van der Waals surface area contributed by atoms with Gasteiger partial charge >= 0.3 is 0 Å². The van der Waals surface area contributed by atoms with Crippen molar-refractivity contribution in [2.24, 2.45) is 10.9 Å². The Morgan fingerprint density at radius 2 is 2.07 bits per heavy atom. The second kappa shape index (κ2) is 11.9. The molecule has 2 rings (SSSR count). The maximum absolute atomic E-state index is 11.5. The van der Waals surface area contributed by atoms with E-state index < -0.39 is 0 Å². The Hall–Kier alpha value is -1.71. The van der Waals surface area contributed by atoms with Crippen LogP contribution in [-0.2, 0) is 11.3 Å². The van der Waals surface area contributed by atoms with E-state index in [9.17, 15) is 9.90 Å². The van der Waals surface area contributed by atoms with Gasteiger partial charge in [-0.05, 0) is 31.7 Å². The van der Waals surface area contributed by atoms with Gasteiger partial charge in [0.25, 0.3) is 0 Å². The normalized spacial score (nSPS) is 15.1. The van der Waals surface area contributed by atoms with Crippen molar-refractivity contribution in [2.75, 3.05) is 33.8 Å². The van der Waals surface area contributed by atoms with Crippen LogP contribution in [0.25, 0.3) is 0 Å². The van der Waals surface area contributed by atoms with Gasteiger partial charge in [-0.2, -0.15) is 0 Å². The summed E-state index contributed by atoms with van der Waals surface area (Å²) < 4.78 is 5.15. The average Bonchev–Trinajstić information content (AvgIpc) is 2.66. The summed E-state index contributed by atoms with van der Waals surface area (Å²) in [4.78, 5) is 18.5. The molecule has 0 saturated carbocycles. The van der Waals surface area contributed by atoms with Gasteiger partial charge in [0.1, 0.15) is 0 Å². The second-order valence-corrected chi connectivity index (χ2v) is 6.45. The third kappa shape index (κ3) is 6.75. The fraction of sp³-hybridized carbons (Fsp3) is 0.579. The molecule has 3 N–H and O–H groups in total. The summed E-state index contributed by atoms with van der Waals surface area (Å²) in [5.41, 5.74) is 0.731. The molecule has 1 aromatic rings. The van der Waals surface area contributed by atoms with Crippen molar-refractivity contribution in [3.8, 4) is 11.5 Å². The predicted molar refractivity (Wildman–Crippen MR) is 118 cm³/mol. The molecule has 8 heteroatoms. The number of rotatable bonds is 6. The lowest BCUT2D eigenvalue weighted by Gasteiger charge is -2.34. The highest BCUT2D eigenvalue weighted by Gasteiger charge is 2.23. The van der Waals surface area contributed by atoms with Crippen molar-refractivity contribution >= 4 is 35.8 Å². The van der Waals surface area contributed by atoms with E-state index in [4.69, 9.17) is 4.74 Å². The van der Waals surface area contributed by atoms with Gasteiger partial charge in [-0.15, -0.1) is 24.0 Å². The molecule has 27 heavy (non-hydrogen) atoms. The van der Waals surface area contributed by atoms with Crippen molar-refractivity contribution in [1.82, 2.24) is 15.5 Å². The number of halogens is 1. The maximum atomic E-state index is 11.5. The SMILES string of the molecule is CCNC(=NCc1cccc(OC)c1O)N1CCC(CC(=O)NC)CC1.I. The molecule has 0 atom stereocenters. The van der Waals surface area contributed by atoms with Gasteiger partial charge in [-0.1, -0.05) is 12.1 Å². The summed E-state index contributed by atoms with van der Waals surface area (Å²) in [7, 11) is 3.22. The van der Waals surface area contributed by atoms with Crippen molar-refractivity contribution in [1.29, 1.82) is 0 Å². The molecule has 1 aromatic carbocycles. The summed E-state index contributed by atoms with van der Waals surface area (Å²) in [5.74, 6) is 1.97. The van der Waals surface area contributed by atoms with Crippen LogP contribution in [0.1, 0.15) is 31.7 Å². The third-order valence-electron chi connectivity index (χ3n) is 4.70. The number of phenols is 1. The summed E-state index contributed by atoms with van der Waals surface area (Å²) in [6.45, 7) is 4.94. The van der Waals surface area contributed by atoms with Crippen molar-refractivity contribution < 1.29 is 14.6 Å². The molecule has 1 fully saturated rings. The topological polar surface area (TPSA) is 86.2 Å². The number of hydrogen-bond donors (Lipinski definition) is 3. The van der Waals surface area contributed by atoms with E-state index >= 15 is 0 Å².